The molecule has 2 aromatic rings. The fourth-order valence-electron chi connectivity index (χ4n) is 6.52. The Morgan fingerprint density at radius 3 is 2.08 bits per heavy atom. The molecule has 0 bridgehead atoms. The third-order valence-corrected chi connectivity index (χ3v) is 9.35. The molecule has 18 heteroatoms. The molecular formula is C33H47N9O9-2. The van der Waals surface area contributed by atoms with E-state index in [2.05, 4.69) is 20.2 Å². The molecule has 1 amide bonds. The number of aldehydes is 1. The fraction of sp³-hybridized carbons (Fsp3) is 0.636. The molecule has 2 fully saturated rings. The molecule has 2 aromatic heterocycles. The maximum atomic E-state index is 13.3. The van der Waals surface area contributed by atoms with Crippen molar-refractivity contribution in [1.82, 2.24) is 39.5 Å². The van der Waals surface area contributed by atoms with E-state index in [1.54, 1.807) is 24.2 Å². The highest BCUT2D eigenvalue weighted by Crippen LogP contribution is 2.18. The van der Waals surface area contributed by atoms with Crippen molar-refractivity contribution < 1.29 is 39.3 Å². The lowest BCUT2D eigenvalue weighted by Gasteiger charge is -2.36. The second-order valence-electron chi connectivity index (χ2n) is 12.8. The van der Waals surface area contributed by atoms with Gasteiger partial charge in [-0.05, 0) is 32.6 Å². The minimum atomic E-state index is -1.32. The molecular weight excluding hydrogens is 666 g/mol. The van der Waals surface area contributed by atoms with Gasteiger partial charge in [0.15, 0.2) is 0 Å². The van der Waals surface area contributed by atoms with E-state index in [1.165, 1.54) is 12.4 Å². The molecule has 2 aliphatic rings. The third-order valence-electron chi connectivity index (χ3n) is 9.35. The van der Waals surface area contributed by atoms with E-state index in [9.17, 15) is 44.1 Å². The van der Waals surface area contributed by atoms with Crippen molar-refractivity contribution in [2.75, 3.05) is 96.5 Å². The van der Waals surface area contributed by atoms with Crippen molar-refractivity contribution >= 4 is 47.1 Å². The first-order chi connectivity index (χ1) is 24.5. The van der Waals surface area contributed by atoms with Crippen molar-refractivity contribution in [3.63, 3.8) is 0 Å². The summed E-state index contributed by atoms with van der Waals surface area (Å²) in [6, 6.07) is -0.998. The molecule has 0 radical (unpaired) electrons. The van der Waals surface area contributed by atoms with Gasteiger partial charge in [0.2, 0.25) is 11.4 Å². The van der Waals surface area contributed by atoms with Gasteiger partial charge in [-0.2, -0.15) is 4.98 Å². The van der Waals surface area contributed by atoms with E-state index < -0.39 is 41.8 Å². The number of pyridine rings is 1. The summed E-state index contributed by atoms with van der Waals surface area (Å²) in [5.41, 5.74) is -0.112. The molecule has 1 atom stereocenters. The van der Waals surface area contributed by atoms with Crippen molar-refractivity contribution in [3.05, 3.63) is 28.2 Å². The van der Waals surface area contributed by atoms with Crippen molar-refractivity contribution in [1.29, 1.82) is 0 Å². The lowest BCUT2D eigenvalue weighted by atomic mass is 10.1. The molecule has 1 unspecified atom stereocenters. The topological polar surface area (TPSA) is 228 Å². The number of anilines is 1. The van der Waals surface area contributed by atoms with Crippen LogP contribution in [0.1, 0.15) is 43.0 Å². The average Bonchev–Trinajstić information content (AvgIpc) is 3.63. The normalized spacial score (nSPS) is 18.2. The van der Waals surface area contributed by atoms with Crippen LogP contribution in [0.3, 0.4) is 0 Å². The number of aromatic nitrogens is 3. The number of nitrogens with one attached hydrogen (secondary N) is 1. The zero-order chi connectivity index (χ0) is 36.9. The predicted molar refractivity (Wildman–Crippen MR) is 181 cm³/mol. The molecule has 280 valence electrons. The summed E-state index contributed by atoms with van der Waals surface area (Å²) >= 11 is 0. The van der Waals surface area contributed by atoms with E-state index in [1.807, 2.05) is 6.92 Å². The number of carbonyl (C=O) groups excluding carboxylic acids is 4. The first kappa shape index (κ1) is 39.3. The number of rotatable bonds is 15. The molecule has 2 aliphatic heterocycles. The molecule has 0 spiro atoms. The molecule has 0 aliphatic carbocycles. The minimum Gasteiger partial charge on any atom is -0.549 e. The van der Waals surface area contributed by atoms with Gasteiger partial charge in [0.25, 0.3) is 5.91 Å². The van der Waals surface area contributed by atoms with Gasteiger partial charge in [0.1, 0.15) is 23.5 Å². The second kappa shape index (κ2) is 19.2. The van der Waals surface area contributed by atoms with Gasteiger partial charge in [0.05, 0.1) is 23.9 Å². The number of carbonyl (C=O) groups is 5. The Morgan fingerprint density at radius 1 is 0.922 bits per heavy atom. The van der Waals surface area contributed by atoms with Crippen molar-refractivity contribution in [2.24, 2.45) is 0 Å². The number of carboxylic acid groups (broad SMARTS) is 3. The lowest BCUT2D eigenvalue weighted by molar-refractivity contribution is -0.308. The lowest BCUT2D eigenvalue weighted by Crippen LogP contribution is -2.52. The van der Waals surface area contributed by atoms with Gasteiger partial charge in [-0.25, -0.2) is 4.98 Å². The first-order valence-corrected chi connectivity index (χ1v) is 17.4. The Kier molecular flexibility index (Phi) is 14.8. The van der Waals surface area contributed by atoms with Crippen LogP contribution in [0.15, 0.2) is 17.2 Å². The molecule has 0 aromatic carbocycles. The first-order valence-electron chi connectivity index (χ1n) is 17.4. The number of fused-ring (bicyclic) bond motifs is 1. The summed E-state index contributed by atoms with van der Waals surface area (Å²) in [6.07, 6.45) is 6.16. The van der Waals surface area contributed by atoms with E-state index >= 15 is 0 Å². The standard InChI is InChI=1S/C33H49N9O9/c1-2-40-21-25(29(48)24-20-35-33(36-30(24)40)42-8-3-4-9-42)31(49)34-7-5-6-26(32(50)51)41-16-14-37(18-19-43)10-11-38(22-27(44)45)12-13-39(15-17-41)23-28(46)47/h19-21,26H,2-18,22-23H2,1H3,(H,34,49)(H,44,45)(H,46,47)(H,50,51)/p-2. The number of hydrogen-bond acceptors (Lipinski definition) is 15. The highest BCUT2D eigenvalue weighted by atomic mass is 16.4. The SMILES string of the molecule is CCn1cc(C(=O)NCCCC(C(=O)O)N2CCN(CC=O)CCN(CC(=O)[O-])CCN(CC(=O)[O-])CC2)c(=O)c2cnc(N3CCCC3)nc21. The third kappa shape index (κ3) is 11.2. The Bertz CT molecular complexity index is 1600. The van der Waals surface area contributed by atoms with Crippen LogP contribution < -0.4 is 25.9 Å². The largest absolute Gasteiger partial charge is 0.549 e. The zero-order valence-corrected chi connectivity index (χ0v) is 29.0. The Balaban J connectivity index is 1.43. The molecule has 2 N–H and O–H groups in total. The zero-order valence-electron chi connectivity index (χ0n) is 29.0. The van der Waals surface area contributed by atoms with Crippen LogP contribution in [0.5, 0.6) is 0 Å². The number of nitrogens with zero attached hydrogens (tertiary/aromatic N) is 8. The van der Waals surface area contributed by atoms with Crippen molar-refractivity contribution in [2.45, 2.75) is 45.2 Å². The van der Waals surface area contributed by atoms with E-state index in [4.69, 9.17) is 0 Å². The Morgan fingerprint density at radius 2 is 1.51 bits per heavy atom. The van der Waals surface area contributed by atoms with Gasteiger partial charge in [0, 0.05) is 104 Å². The molecule has 4 heterocycles. The number of amides is 1. The molecule has 0 saturated carbocycles. The molecule has 18 nitrogen and oxygen atoms in total. The summed E-state index contributed by atoms with van der Waals surface area (Å²) in [5, 5.41) is 36.0. The highest BCUT2D eigenvalue weighted by molar-refractivity contribution is 5.96. The minimum absolute atomic E-state index is 0.0633. The average molecular weight is 714 g/mol. The summed E-state index contributed by atoms with van der Waals surface area (Å²) < 4.78 is 1.74. The van der Waals surface area contributed by atoms with Gasteiger partial charge in [-0.3, -0.25) is 34.0 Å². The second-order valence-corrected chi connectivity index (χ2v) is 12.8. The van der Waals surface area contributed by atoms with E-state index in [0.29, 0.717) is 31.2 Å². The monoisotopic (exact) mass is 713 g/mol. The summed E-state index contributed by atoms with van der Waals surface area (Å²) in [6.45, 7) is 5.26. The smallest absolute Gasteiger partial charge is 0.320 e. The summed E-state index contributed by atoms with van der Waals surface area (Å²) in [4.78, 5) is 91.0. The predicted octanol–water partition coefficient (Wildman–Crippen LogP) is -3.70. The van der Waals surface area contributed by atoms with Gasteiger partial charge >= 0.3 is 5.97 Å². The van der Waals surface area contributed by atoms with Crippen LogP contribution >= 0.6 is 0 Å². The van der Waals surface area contributed by atoms with Gasteiger partial charge < -0.3 is 44.5 Å². The highest BCUT2D eigenvalue weighted by Gasteiger charge is 2.27. The molecule has 51 heavy (non-hydrogen) atoms. The van der Waals surface area contributed by atoms with Crippen LogP contribution in [-0.4, -0.2) is 167 Å². The van der Waals surface area contributed by atoms with Crippen LogP contribution in [0.25, 0.3) is 11.0 Å². The van der Waals surface area contributed by atoms with E-state index in [-0.39, 0.29) is 82.7 Å². The molecule has 4 rings (SSSR count). The number of carboxylic acids is 3. The maximum absolute atomic E-state index is 13.3. The quantitative estimate of drug-likeness (QED) is 0.134. The Hall–Kier alpha value is -4.52. The number of aryl methyl sites for hydroxylation is 1. The molecule has 2 saturated heterocycles. The Labute approximate surface area is 295 Å². The van der Waals surface area contributed by atoms with Crippen molar-refractivity contribution in [3.8, 4) is 0 Å². The van der Waals surface area contributed by atoms with Crippen LogP contribution in [0.2, 0.25) is 0 Å². The van der Waals surface area contributed by atoms with Crippen LogP contribution in [0, 0.1) is 0 Å². The summed E-state index contributed by atoms with van der Waals surface area (Å²) in [7, 11) is 0. The number of hydrogen-bond donors (Lipinski definition) is 2. The van der Waals surface area contributed by atoms with E-state index in [0.717, 1.165) is 32.2 Å². The van der Waals surface area contributed by atoms with Crippen LogP contribution in [-0.2, 0) is 25.7 Å². The maximum Gasteiger partial charge on any atom is 0.320 e. The van der Waals surface area contributed by atoms with Gasteiger partial charge in [-0.1, -0.05) is 0 Å². The van der Waals surface area contributed by atoms with Crippen LogP contribution in [0.4, 0.5) is 5.95 Å². The fourth-order valence-corrected chi connectivity index (χ4v) is 6.52. The summed E-state index contributed by atoms with van der Waals surface area (Å²) in [5.74, 6) is -3.75. The van der Waals surface area contributed by atoms with Gasteiger partial charge in [-0.15, -0.1) is 0 Å². The number of aliphatic carboxylic acids is 3.